The van der Waals surface area contributed by atoms with Crippen molar-refractivity contribution in [1.82, 2.24) is 4.57 Å². The van der Waals surface area contributed by atoms with Crippen LogP contribution >= 0.6 is 0 Å². The number of aryl methyl sites for hydroxylation is 1. The van der Waals surface area contributed by atoms with E-state index in [-0.39, 0.29) is 0 Å². The molecule has 0 radical (unpaired) electrons. The molecule has 0 aliphatic carbocycles. The van der Waals surface area contributed by atoms with Gasteiger partial charge in [0.05, 0.1) is 11.2 Å². The molecule has 0 saturated heterocycles. The molecule has 8 aromatic rings. The predicted octanol–water partition coefficient (Wildman–Crippen LogP) is 12.9. The van der Waals surface area contributed by atoms with Crippen molar-refractivity contribution in [2.75, 3.05) is 4.90 Å². The first kappa shape index (κ1) is 30.0. The number of hydrogen-bond donors (Lipinski definition) is 0. The molecule has 2 heteroatoms. The first-order valence-corrected chi connectivity index (χ1v) is 16.8. The number of anilines is 3. The maximum absolute atomic E-state index is 2.42. The van der Waals surface area contributed by atoms with Gasteiger partial charge in [-0.3, -0.25) is 0 Å². The molecular weight excluding hydrogens is 593 g/mol. The summed E-state index contributed by atoms with van der Waals surface area (Å²) in [6.45, 7) is 2.17. The highest BCUT2D eigenvalue weighted by Gasteiger charge is 2.21. The summed E-state index contributed by atoms with van der Waals surface area (Å²) in [5.74, 6) is 0. The van der Waals surface area contributed by atoms with Crippen molar-refractivity contribution in [1.29, 1.82) is 0 Å². The van der Waals surface area contributed by atoms with E-state index in [9.17, 15) is 0 Å². The quantitative estimate of drug-likeness (QED) is 0.152. The van der Waals surface area contributed by atoms with Crippen molar-refractivity contribution in [3.8, 4) is 28.1 Å². The molecule has 0 spiro atoms. The van der Waals surface area contributed by atoms with Gasteiger partial charge in [0, 0.05) is 33.7 Å². The Morgan fingerprint density at radius 3 is 1.67 bits per heavy atom. The predicted molar refractivity (Wildman–Crippen MR) is 209 cm³/mol. The average Bonchev–Trinajstić information content (AvgIpc) is 3.51. The molecule has 0 bridgehead atoms. The van der Waals surface area contributed by atoms with Crippen LogP contribution in [-0.4, -0.2) is 4.57 Å². The van der Waals surface area contributed by atoms with Crippen molar-refractivity contribution in [2.45, 2.75) is 6.92 Å². The van der Waals surface area contributed by atoms with Gasteiger partial charge in [0.2, 0.25) is 0 Å². The van der Waals surface area contributed by atoms with Crippen LogP contribution in [-0.2, 0) is 0 Å². The fraction of sp³-hybridized carbons (Fsp3) is 0.0213. The maximum Gasteiger partial charge on any atom is 0.0619 e. The van der Waals surface area contributed by atoms with E-state index in [1.165, 1.54) is 44.5 Å². The van der Waals surface area contributed by atoms with E-state index >= 15 is 0 Å². The molecule has 1 aromatic heterocycles. The zero-order chi connectivity index (χ0) is 33.0. The van der Waals surface area contributed by atoms with E-state index < -0.39 is 0 Å². The van der Waals surface area contributed by atoms with Gasteiger partial charge in [-0.15, -0.1) is 0 Å². The lowest BCUT2D eigenvalue weighted by Crippen LogP contribution is -2.11. The monoisotopic (exact) mass is 628 g/mol. The lowest BCUT2D eigenvalue weighted by atomic mass is 9.98. The molecule has 2 nitrogen and oxygen atoms in total. The summed E-state index contributed by atoms with van der Waals surface area (Å²) >= 11 is 0. The molecule has 1 heterocycles. The zero-order valence-electron chi connectivity index (χ0n) is 27.4. The van der Waals surface area contributed by atoms with Crippen molar-refractivity contribution in [3.05, 3.63) is 205 Å². The Morgan fingerprint density at radius 2 is 1.00 bits per heavy atom. The lowest BCUT2D eigenvalue weighted by Gasteiger charge is -2.27. The third kappa shape index (κ3) is 5.97. The molecule has 0 unspecified atom stereocenters. The van der Waals surface area contributed by atoms with Gasteiger partial charge in [-0.1, -0.05) is 152 Å². The van der Waals surface area contributed by atoms with Crippen molar-refractivity contribution in [2.24, 2.45) is 0 Å². The Balaban J connectivity index is 1.21. The second-order valence-corrected chi connectivity index (χ2v) is 12.3. The lowest BCUT2D eigenvalue weighted by molar-refractivity contribution is 1.13. The number of rotatable bonds is 8. The molecule has 0 saturated carbocycles. The maximum atomic E-state index is 2.42. The molecule has 0 fully saturated rings. The minimum absolute atomic E-state index is 1.13. The van der Waals surface area contributed by atoms with Crippen LogP contribution in [0.5, 0.6) is 0 Å². The third-order valence-electron chi connectivity index (χ3n) is 9.11. The van der Waals surface area contributed by atoms with Gasteiger partial charge < -0.3 is 9.47 Å². The van der Waals surface area contributed by atoms with E-state index in [0.29, 0.717) is 0 Å². The number of fused-ring (bicyclic) bond motifs is 1. The zero-order valence-corrected chi connectivity index (χ0v) is 27.4. The van der Waals surface area contributed by atoms with Crippen molar-refractivity contribution in [3.63, 3.8) is 0 Å². The fourth-order valence-corrected chi connectivity index (χ4v) is 6.77. The number of aromatic nitrogens is 1. The summed E-state index contributed by atoms with van der Waals surface area (Å²) in [4.78, 5) is 2.32. The minimum atomic E-state index is 1.13. The normalized spacial score (nSPS) is 11.3. The van der Waals surface area contributed by atoms with E-state index in [4.69, 9.17) is 0 Å². The highest BCUT2D eigenvalue weighted by Crippen LogP contribution is 2.43. The third-order valence-corrected chi connectivity index (χ3v) is 9.11. The van der Waals surface area contributed by atoms with Crippen molar-refractivity contribution < 1.29 is 0 Å². The van der Waals surface area contributed by atoms with Crippen LogP contribution in [0.4, 0.5) is 17.1 Å². The fourth-order valence-electron chi connectivity index (χ4n) is 6.77. The summed E-state index contributed by atoms with van der Waals surface area (Å²) in [7, 11) is 0. The molecule has 7 aromatic carbocycles. The van der Waals surface area contributed by atoms with E-state index in [0.717, 1.165) is 28.2 Å². The molecule has 0 amide bonds. The summed E-state index contributed by atoms with van der Waals surface area (Å²) in [6, 6.07) is 67.0. The Labute approximate surface area is 288 Å². The SMILES string of the molecule is Cc1ccccc1N(c1ccccc1)c1ccc(C=Cc2ccc3c(-c4ccccc4)c(-c4ccccc4)n(-c4ccccc4)c3c2)cc1. The summed E-state index contributed by atoms with van der Waals surface area (Å²) < 4.78 is 2.42. The van der Waals surface area contributed by atoms with Gasteiger partial charge >= 0.3 is 0 Å². The van der Waals surface area contributed by atoms with Crippen LogP contribution in [0.15, 0.2) is 188 Å². The molecule has 49 heavy (non-hydrogen) atoms. The largest absolute Gasteiger partial charge is 0.310 e. The van der Waals surface area contributed by atoms with Crippen LogP contribution in [0.25, 0.3) is 51.1 Å². The topological polar surface area (TPSA) is 8.17 Å². The molecule has 0 atom stereocenters. The van der Waals surface area contributed by atoms with Crippen LogP contribution in [0, 0.1) is 6.92 Å². The second-order valence-electron chi connectivity index (χ2n) is 12.3. The number of para-hydroxylation sites is 3. The Kier molecular flexibility index (Phi) is 8.19. The van der Waals surface area contributed by atoms with Gasteiger partial charge in [0.25, 0.3) is 0 Å². The van der Waals surface area contributed by atoms with E-state index in [2.05, 4.69) is 217 Å². The van der Waals surface area contributed by atoms with Gasteiger partial charge in [-0.25, -0.2) is 0 Å². The standard InChI is InChI=1S/C47H36N2/c1-35-16-14-15-25-44(35)48(40-21-10-4-11-22-40)42-31-28-36(29-32-42)26-27-37-30-33-43-45(34-37)49(41-23-12-5-13-24-41)47(39-19-8-3-9-20-39)46(43)38-17-6-2-7-18-38/h2-34H,1H3. The van der Waals surface area contributed by atoms with Crippen molar-refractivity contribution >= 4 is 40.1 Å². The second kappa shape index (κ2) is 13.4. The minimum Gasteiger partial charge on any atom is -0.310 e. The summed E-state index contributed by atoms with van der Waals surface area (Å²) in [5, 5.41) is 1.23. The molecule has 0 N–H and O–H groups in total. The summed E-state index contributed by atoms with van der Waals surface area (Å²) in [6.07, 6.45) is 4.43. The number of nitrogens with zero attached hydrogens (tertiary/aromatic N) is 2. The Hall–Kier alpha value is -6.38. The first-order valence-electron chi connectivity index (χ1n) is 16.8. The van der Waals surface area contributed by atoms with Gasteiger partial charge in [-0.2, -0.15) is 0 Å². The van der Waals surface area contributed by atoms with Crippen LogP contribution < -0.4 is 4.90 Å². The Bertz CT molecular complexity index is 2350. The molecule has 234 valence electrons. The van der Waals surface area contributed by atoms with E-state index in [1.54, 1.807) is 0 Å². The number of hydrogen-bond acceptors (Lipinski definition) is 1. The van der Waals surface area contributed by atoms with E-state index in [1.807, 2.05) is 0 Å². The highest BCUT2D eigenvalue weighted by molar-refractivity contribution is 6.06. The van der Waals surface area contributed by atoms with Crippen LogP contribution in [0.2, 0.25) is 0 Å². The Morgan fingerprint density at radius 1 is 0.469 bits per heavy atom. The molecular formula is C47H36N2. The smallest absolute Gasteiger partial charge is 0.0619 e. The van der Waals surface area contributed by atoms with Gasteiger partial charge in [-0.05, 0) is 83.3 Å². The van der Waals surface area contributed by atoms with Gasteiger partial charge in [0.15, 0.2) is 0 Å². The van der Waals surface area contributed by atoms with Gasteiger partial charge in [0.1, 0.15) is 0 Å². The average molecular weight is 629 g/mol. The summed E-state index contributed by atoms with van der Waals surface area (Å²) in [5.41, 5.74) is 14.1. The molecule has 8 rings (SSSR count). The molecule has 0 aliphatic heterocycles. The van der Waals surface area contributed by atoms with Crippen LogP contribution in [0.1, 0.15) is 16.7 Å². The highest BCUT2D eigenvalue weighted by atomic mass is 15.1. The number of benzene rings is 7. The van der Waals surface area contributed by atoms with Crippen LogP contribution in [0.3, 0.4) is 0 Å². The molecule has 0 aliphatic rings. The first-order chi connectivity index (χ1) is 24.2.